The van der Waals surface area contributed by atoms with Crippen LogP contribution in [0.5, 0.6) is 0 Å². The third-order valence-electron chi connectivity index (χ3n) is 4.94. The molecule has 4 rings (SSSR count). The van der Waals surface area contributed by atoms with E-state index in [0.29, 0.717) is 5.56 Å². The minimum atomic E-state index is -4.53. The third kappa shape index (κ3) is 4.05. The quantitative estimate of drug-likeness (QED) is 0.445. The second kappa shape index (κ2) is 8.07. The monoisotopic (exact) mass is 422 g/mol. The summed E-state index contributed by atoms with van der Waals surface area (Å²) in [6.07, 6.45) is -0.140. The first-order valence-corrected chi connectivity index (χ1v) is 9.54. The van der Waals surface area contributed by atoms with Crippen LogP contribution in [-0.2, 0) is 6.18 Å². The maximum Gasteiger partial charge on any atom is 0.417 e. The molecule has 0 spiro atoms. The summed E-state index contributed by atoms with van der Waals surface area (Å²) in [6, 6.07) is 12.7. The van der Waals surface area contributed by atoms with Crippen molar-refractivity contribution < 1.29 is 13.2 Å². The second-order valence-electron chi connectivity index (χ2n) is 6.90. The molecular formula is C22H17F3N6. The van der Waals surface area contributed by atoms with Crippen molar-refractivity contribution in [1.82, 2.24) is 19.9 Å². The lowest BCUT2D eigenvalue weighted by Gasteiger charge is -2.18. The fourth-order valence-corrected chi connectivity index (χ4v) is 3.36. The number of halogens is 3. The van der Waals surface area contributed by atoms with E-state index in [9.17, 15) is 18.4 Å². The summed E-state index contributed by atoms with van der Waals surface area (Å²) in [7, 11) is 0. The van der Waals surface area contributed by atoms with E-state index in [4.69, 9.17) is 0 Å². The minimum Gasteiger partial charge on any atom is -0.347 e. The molecule has 0 aliphatic rings. The molecule has 6 nitrogen and oxygen atoms in total. The summed E-state index contributed by atoms with van der Waals surface area (Å²) in [5.41, 5.74) is 1.18. The molecular weight excluding hydrogens is 405 g/mol. The number of nitrogens with zero attached hydrogens (tertiary/aromatic N) is 4. The standard InChI is InChI=1S/C22H17F3N6/c1-2-18(13-6-4-3-5-7-13)30-21-29-10-14(9-26)19(31-21)17-12-28-20-16(17)8-15(11-27-20)22(23,24)25/h3-8,10-12,18H,2H2,1H3,(H,27,28)(H,29,30,31). The lowest BCUT2D eigenvalue weighted by molar-refractivity contribution is -0.137. The highest BCUT2D eigenvalue weighted by molar-refractivity contribution is 5.94. The Morgan fingerprint density at radius 3 is 2.61 bits per heavy atom. The van der Waals surface area contributed by atoms with Crippen molar-refractivity contribution in [2.75, 3.05) is 5.32 Å². The molecule has 0 radical (unpaired) electrons. The molecule has 156 valence electrons. The maximum atomic E-state index is 13.2. The van der Waals surface area contributed by atoms with Crippen molar-refractivity contribution in [3.05, 3.63) is 71.7 Å². The second-order valence-corrected chi connectivity index (χ2v) is 6.90. The lowest BCUT2D eigenvalue weighted by Crippen LogP contribution is -2.12. The topological polar surface area (TPSA) is 90.3 Å². The van der Waals surface area contributed by atoms with Crippen LogP contribution in [0.4, 0.5) is 19.1 Å². The van der Waals surface area contributed by atoms with Gasteiger partial charge in [0.05, 0.1) is 29.1 Å². The summed E-state index contributed by atoms with van der Waals surface area (Å²) >= 11 is 0. The molecule has 1 aromatic carbocycles. The molecule has 1 atom stereocenters. The van der Waals surface area contributed by atoms with E-state index in [-0.39, 0.29) is 34.3 Å². The number of aromatic nitrogens is 4. The Bertz CT molecular complexity index is 1260. The Labute approximate surface area is 175 Å². The van der Waals surface area contributed by atoms with Crippen LogP contribution in [0.2, 0.25) is 0 Å². The minimum absolute atomic E-state index is 0.0662. The number of fused-ring (bicyclic) bond motifs is 1. The number of H-pyrrole nitrogens is 1. The first-order valence-electron chi connectivity index (χ1n) is 9.54. The first-order chi connectivity index (χ1) is 14.9. The number of rotatable bonds is 5. The largest absolute Gasteiger partial charge is 0.417 e. The number of hydrogen-bond donors (Lipinski definition) is 2. The van der Waals surface area contributed by atoms with Gasteiger partial charge in [-0.05, 0) is 18.1 Å². The van der Waals surface area contributed by atoms with E-state index < -0.39 is 11.7 Å². The van der Waals surface area contributed by atoms with Gasteiger partial charge in [-0.3, -0.25) is 0 Å². The molecule has 0 saturated carbocycles. The molecule has 0 aliphatic carbocycles. The van der Waals surface area contributed by atoms with E-state index in [2.05, 4.69) is 25.3 Å². The molecule has 0 bridgehead atoms. The summed E-state index contributed by atoms with van der Waals surface area (Å²) in [5.74, 6) is 0.277. The average molecular weight is 422 g/mol. The van der Waals surface area contributed by atoms with Gasteiger partial charge in [-0.2, -0.15) is 18.4 Å². The van der Waals surface area contributed by atoms with Crippen LogP contribution in [0, 0.1) is 11.3 Å². The highest BCUT2D eigenvalue weighted by Crippen LogP contribution is 2.35. The SMILES string of the molecule is CCC(Nc1ncc(C#N)c(-c2c[nH]c3ncc(C(F)(F)F)cc23)n1)c1ccccc1. The maximum absolute atomic E-state index is 13.2. The van der Waals surface area contributed by atoms with Crippen molar-refractivity contribution in [3.63, 3.8) is 0 Å². The van der Waals surface area contributed by atoms with Gasteiger partial charge < -0.3 is 10.3 Å². The van der Waals surface area contributed by atoms with Crippen molar-refractivity contribution in [1.29, 1.82) is 5.26 Å². The van der Waals surface area contributed by atoms with Crippen LogP contribution in [0.1, 0.15) is 36.1 Å². The van der Waals surface area contributed by atoms with E-state index in [0.717, 1.165) is 24.2 Å². The van der Waals surface area contributed by atoms with Crippen LogP contribution in [0.25, 0.3) is 22.3 Å². The fourth-order valence-electron chi connectivity index (χ4n) is 3.36. The van der Waals surface area contributed by atoms with Crippen LogP contribution in [0.3, 0.4) is 0 Å². The number of nitrogens with one attached hydrogen (secondary N) is 2. The van der Waals surface area contributed by atoms with E-state index >= 15 is 0 Å². The molecule has 4 aromatic rings. The van der Waals surface area contributed by atoms with Crippen molar-refractivity contribution in [2.24, 2.45) is 0 Å². The molecule has 3 heterocycles. The molecule has 0 aliphatic heterocycles. The first kappa shape index (κ1) is 20.3. The zero-order chi connectivity index (χ0) is 22.0. The van der Waals surface area contributed by atoms with E-state index in [1.807, 2.05) is 43.3 Å². The predicted molar refractivity (Wildman–Crippen MR) is 110 cm³/mol. The van der Waals surface area contributed by atoms with Gasteiger partial charge in [-0.25, -0.2) is 15.0 Å². The van der Waals surface area contributed by atoms with Gasteiger partial charge in [0.1, 0.15) is 11.7 Å². The third-order valence-corrected chi connectivity index (χ3v) is 4.94. The average Bonchev–Trinajstić information content (AvgIpc) is 3.20. The molecule has 0 amide bonds. The van der Waals surface area contributed by atoms with Gasteiger partial charge in [0.15, 0.2) is 0 Å². The van der Waals surface area contributed by atoms with E-state index in [1.165, 1.54) is 12.4 Å². The zero-order valence-corrected chi connectivity index (χ0v) is 16.4. The number of anilines is 1. The molecule has 9 heteroatoms. The smallest absolute Gasteiger partial charge is 0.347 e. The van der Waals surface area contributed by atoms with Crippen LogP contribution >= 0.6 is 0 Å². The predicted octanol–water partition coefficient (Wildman–Crippen LogP) is 5.47. The number of nitriles is 1. The summed E-state index contributed by atoms with van der Waals surface area (Å²) < 4.78 is 39.5. The van der Waals surface area contributed by atoms with Gasteiger partial charge in [-0.15, -0.1) is 0 Å². The van der Waals surface area contributed by atoms with Gasteiger partial charge in [0, 0.05) is 23.3 Å². The van der Waals surface area contributed by atoms with Crippen molar-refractivity contribution >= 4 is 17.0 Å². The Kier molecular flexibility index (Phi) is 5.29. The summed E-state index contributed by atoms with van der Waals surface area (Å²) in [5, 5.41) is 13.0. The molecule has 0 fully saturated rings. The van der Waals surface area contributed by atoms with Gasteiger partial charge >= 0.3 is 6.18 Å². The number of alkyl halides is 3. The highest BCUT2D eigenvalue weighted by Gasteiger charge is 2.31. The van der Waals surface area contributed by atoms with Gasteiger partial charge in [-0.1, -0.05) is 37.3 Å². The van der Waals surface area contributed by atoms with E-state index in [1.54, 1.807) is 0 Å². The number of aromatic amines is 1. The summed E-state index contributed by atoms with van der Waals surface area (Å²) in [4.78, 5) is 15.4. The number of benzene rings is 1. The molecule has 2 N–H and O–H groups in total. The van der Waals surface area contributed by atoms with Crippen molar-refractivity contribution in [2.45, 2.75) is 25.6 Å². The number of pyridine rings is 1. The van der Waals surface area contributed by atoms with Crippen LogP contribution in [0.15, 0.2) is 55.0 Å². The number of hydrogen-bond acceptors (Lipinski definition) is 5. The van der Waals surface area contributed by atoms with Crippen LogP contribution < -0.4 is 5.32 Å². The fraction of sp³-hybridized carbons (Fsp3) is 0.182. The van der Waals surface area contributed by atoms with Gasteiger partial charge in [0.2, 0.25) is 5.95 Å². The normalized spacial score (nSPS) is 12.5. The Balaban J connectivity index is 1.78. The van der Waals surface area contributed by atoms with Crippen LogP contribution in [-0.4, -0.2) is 19.9 Å². The highest BCUT2D eigenvalue weighted by atomic mass is 19.4. The van der Waals surface area contributed by atoms with Crippen molar-refractivity contribution in [3.8, 4) is 17.3 Å². The Morgan fingerprint density at radius 1 is 1.16 bits per heavy atom. The molecule has 1 unspecified atom stereocenters. The summed E-state index contributed by atoms with van der Waals surface area (Å²) in [6.45, 7) is 2.01. The molecule has 3 aromatic heterocycles. The zero-order valence-electron chi connectivity index (χ0n) is 16.4. The molecule has 0 saturated heterocycles. The Morgan fingerprint density at radius 2 is 1.94 bits per heavy atom. The Hall–Kier alpha value is -3.93. The molecule has 31 heavy (non-hydrogen) atoms. The lowest BCUT2D eigenvalue weighted by atomic mass is 10.0. The van der Waals surface area contributed by atoms with Gasteiger partial charge in [0.25, 0.3) is 0 Å².